The number of thioether (sulfide) groups is 1. The summed E-state index contributed by atoms with van der Waals surface area (Å²) in [5, 5.41) is 14.0. The minimum absolute atomic E-state index is 0.308. The minimum atomic E-state index is 0.308. The Bertz CT molecular complexity index is 383. The van der Waals surface area contributed by atoms with Crippen molar-refractivity contribution in [2.24, 2.45) is 0 Å². The monoisotopic (exact) mass is 265 g/mol. The Hall–Kier alpha value is -0.670. The second-order valence-electron chi connectivity index (χ2n) is 5.20. The van der Waals surface area contributed by atoms with Crippen LogP contribution in [-0.4, -0.2) is 22.7 Å². The van der Waals surface area contributed by atoms with Crippen molar-refractivity contribution in [3.8, 4) is 5.75 Å². The van der Waals surface area contributed by atoms with Crippen molar-refractivity contribution in [1.29, 1.82) is 0 Å². The molecule has 0 aliphatic heterocycles. The second kappa shape index (κ2) is 6.48. The van der Waals surface area contributed by atoms with E-state index in [0.717, 1.165) is 5.25 Å². The third-order valence-electron chi connectivity index (χ3n) is 3.82. The standard InChI is InChI=1S/C15H23NOS/c1-11(12-5-3-7-14(17)9-12)16-13-6-4-8-15(10-13)18-2/h3,5,7,9,11,13,15-17H,4,6,8,10H2,1-2H3. The summed E-state index contributed by atoms with van der Waals surface area (Å²) < 4.78 is 0. The summed E-state index contributed by atoms with van der Waals surface area (Å²) in [4.78, 5) is 0. The molecule has 1 aromatic rings. The lowest BCUT2D eigenvalue weighted by molar-refractivity contribution is 0.352. The molecule has 1 aliphatic rings. The first-order valence-corrected chi connectivity index (χ1v) is 8.05. The number of phenols is 1. The van der Waals surface area contributed by atoms with E-state index in [9.17, 15) is 5.11 Å². The van der Waals surface area contributed by atoms with Crippen LogP contribution in [0, 0.1) is 0 Å². The Labute approximate surface area is 114 Å². The molecule has 2 rings (SSSR count). The van der Waals surface area contributed by atoms with Gasteiger partial charge in [0.1, 0.15) is 5.75 Å². The summed E-state index contributed by atoms with van der Waals surface area (Å²) >= 11 is 1.99. The molecule has 3 heteroatoms. The topological polar surface area (TPSA) is 32.3 Å². The van der Waals surface area contributed by atoms with E-state index in [-0.39, 0.29) is 0 Å². The van der Waals surface area contributed by atoms with Gasteiger partial charge in [-0.05, 0) is 50.1 Å². The van der Waals surface area contributed by atoms with E-state index in [4.69, 9.17) is 0 Å². The molecule has 0 bridgehead atoms. The molecule has 1 fully saturated rings. The molecule has 3 atom stereocenters. The number of aromatic hydroxyl groups is 1. The van der Waals surface area contributed by atoms with Crippen LogP contribution in [0.2, 0.25) is 0 Å². The van der Waals surface area contributed by atoms with E-state index in [0.29, 0.717) is 17.8 Å². The lowest BCUT2D eigenvalue weighted by Crippen LogP contribution is -2.36. The van der Waals surface area contributed by atoms with Gasteiger partial charge in [-0.3, -0.25) is 0 Å². The molecule has 18 heavy (non-hydrogen) atoms. The van der Waals surface area contributed by atoms with Gasteiger partial charge in [0.2, 0.25) is 0 Å². The summed E-state index contributed by atoms with van der Waals surface area (Å²) in [6.45, 7) is 2.18. The fraction of sp³-hybridized carbons (Fsp3) is 0.600. The van der Waals surface area contributed by atoms with Gasteiger partial charge in [0, 0.05) is 17.3 Å². The van der Waals surface area contributed by atoms with Crippen LogP contribution < -0.4 is 5.32 Å². The molecule has 1 aromatic carbocycles. The van der Waals surface area contributed by atoms with E-state index in [1.54, 1.807) is 6.07 Å². The number of nitrogens with one attached hydrogen (secondary N) is 1. The Morgan fingerprint density at radius 1 is 1.39 bits per heavy atom. The lowest BCUT2D eigenvalue weighted by Gasteiger charge is -2.31. The average Bonchev–Trinajstić information content (AvgIpc) is 2.39. The minimum Gasteiger partial charge on any atom is -0.508 e. The molecule has 100 valence electrons. The van der Waals surface area contributed by atoms with Crippen LogP contribution in [0.3, 0.4) is 0 Å². The number of phenolic OH excluding ortho intramolecular Hbond substituents is 1. The van der Waals surface area contributed by atoms with Crippen molar-refractivity contribution in [3.63, 3.8) is 0 Å². The largest absolute Gasteiger partial charge is 0.508 e. The van der Waals surface area contributed by atoms with Gasteiger partial charge in [0.05, 0.1) is 0 Å². The molecule has 1 saturated carbocycles. The van der Waals surface area contributed by atoms with Crippen LogP contribution in [0.5, 0.6) is 5.75 Å². The Morgan fingerprint density at radius 3 is 2.94 bits per heavy atom. The van der Waals surface area contributed by atoms with Crippen molar-refractivity contribution in [2.45, 2.75) is 49.9 Å². The van der Waals surface area contributed by atoms with E-state index >= 15 is 0 Å². The Kier molecular flexibility index (Phi) is 4.95. The number of benzene rings is 1. The van der Waals surface area contributed by atoms with Crippen LogP contribution in [0.4, 0.5) is 0 Å². The lowest BCUT2D eigenvalue weighted by atomic mass is 9.93. The summed E-state index contributed by atoms with van der Waals surface area (Å²) in [6, 6.07) is 8.49. The normalized spacial score (nSPS) is 25.9. The van der Waals surface area contributed by atoms with Gasteiger partial charge in [-0.15, -0.1) is 0 Å². The molecule has 2 nitrogen and oxygen atoms in total. The molecular weight excluding hydrogens is 242 g/mol. The van der Waals surface area contributed by atoms with E-state index in [1.165, 1.54) is 31.2 Å². The molecule has 0 aromatic heterocycles. The second-order valence-corrected chi connectivity index (χ2v) is 6.34. The average molecular weight is 265 g/mol. The summed E-state index contributed by atoms with van der Waals surface area (Å²) in [6.07, 6.45) is 7.45. The molecule has 3 unspecified atom stereocenters. The molecule has 1 aliphatic carbocycles. The highest BCUT2D eigenvalue weighted by Gasteiger charge is 2.22. The highest BCUT2D eigenvalue weighted by molar-refractivity contribution is 7.99. The van der Waals surface area contributed by atoms with Crippen molar-refractivity contribution in [2.75, 3.05) is 6.26 Å². The first kappa shape index (κ1) is 13.8. The summed E-state index contributed by atoms with van der Waals surface area (Å²) in [7, 11) is 0. The fourth-order valence-corrected chi connectivity index (χ4v) is 3.58. The van der Waals surface area contributed by atoms with Gasteiger partial charge >= 0.3 is 0 Å². The van der Waals surface area contributed by atoms with Gasteiger partial charge < -0.3 is 10.4 Å². The van der Waals surface area contributed by atoms with Gasteiger partial charge in [-0.1, -0.05) is 18.6 Å². The molecule has 0 radical (unpaired) electrons. The zero-order valence-corrected chi connectivity index (χ0v) is 12.0. The van der Waals surface area contributed by atoms with Crippen molar-refractivity contribution in [1.82, 2.24) is 5.32 Å². The number of hydrogen-bond donors (Lipinski definition) is 2. The van der Waals surface area contributed by atoms with Gasteiger partial charge in [-0.2, -0.15) is 11.8 Å². The predicted octanol–water partition coefficient (Wildman–Crippen LogP) is 3.72. The van der Waals surface area contributed by atoms with Crippen LogP contribution in [0.1, 0.15) is 44.2 Å². The van der Waals surface area contributed by atoms with Gasteiger partial charge in [-0.25, -0.2) is 0 Å². The fourth-order valence-electron chi connectivity index (χ4n) is 2.75. The Balaban J connectivity index is 1.92. The maximum absolute atomic E-state index is 9.52. The third-order valence-corrected chi connectivity index (χ3v) is 4.91. The first-order valence-electron chi connectivity index (χ1n) is 6.77. The summed E-state index contributed by atoms with van der Waals surface area (Å²) in [5.74, 6) is 0.354. The van der Waals surface area contributed by atoms with Crippen molar-refractivity contribution >= 4 is 11.8 Å². The van der Waals surface area contributed by atoms with E-state index in [2.05, 4.69) is 24.6 Å². The van der Waals surface area contributed by atoms with Crippen LogP contribution in [0.15, 0.2) is 24.3 Å². The molecule has 0 saturated heterocycles. The quantitative estimate of drug-likeness (QED) is 0.870. The molecule has 0 amide bonds. The van der Waals surface area contributed by atoms with Gasteiger partial charge in [0.15, 0.2) is 0 Å². The van der Waals surface area contributed by atoms with Crippen molar-refractivity contribution < 1.29 is 5.11 Å². The molecule has 2 N–H and O–H groups in total. The molecule has 0 heterocycles. The van der Waals surface area contributed by atoms with Crippen LogP contribution in [0.25, 0.3) is 0 Å². The maximum atomic E-state index is 9.52. The molecular formula is C15H23NOS. The summed E-state index contributed by atoms with van der Waals surface area (Å²) in [5.41, 5.74) is 1.17. The highest BCUT2D eigenvalue weighted by atomic mass is 32.2. The third kappa shape index (κ3) is 3.66. The van der Waals surface area contributed by atoms with Gasteiger partial charge in [0.25, 0.3) is 0 Å². The van der Waals surface area contributed by atoms with E-state index in [1.807, 2.05) is 23.9 Å². The number of hydrogen-bond acceptors (Lipinski definition) is 3. The highest BCUT2D eigenvalue weighted by Crippen LogP contribution is 2.28. The first-order chi connectivity index (χ1) is 8.69. The predicted molar refractivity (Wildman–Crippen MR) is 79.2 cm³/mol. The molecule has 0 spiro atoms. The zero-order chi connectivity index (χ0) is 13.0. The number of rotatable bonds is 4. The van der Waals surface area contributed by atoms with Crippen LogP contribution >= 0.6 is 11.8 Å². The zero-order valence-electron chi connectivity index (χ0n) is 11.2. The Morgan fingerprint density at radius 2 is 2.22 bits per heavy atom. The van der Waals surface area contributed by atoms with E-state index < -0.39 is 0 Å². The van der Waals surface area contributed by atoms with Crippen LogP contribution in [-0.2, 0) is 0 Å². The SMILES string of the molecule is CSC1CCCC(NC(C)c2cccc(O)c2)C1. The maximum Gasteiger partial charge on any atom is 0.115 e. The van der Waals surface area contributed by atoms with Crippen molar-refractivity contribution in [3.05, 3.63) is 29.8 Å². The smallest absolute Gasteiger partial charge is 0.115 e.